The van der Waals surface area contributed by atoms with E-state index in [1.54, 1.807) is 19.1 Å². The molecule has 0 saturated carbocycles. The second-order valence-electron chi connectivity index (χ2n) is 5.97. The Morgan fingerprint density at radius 2 is 1.88 bits per heavy atom. The molecule has 2 heterocycles. The molecule has 1 aromatic heterocycles. The van der Waals surface area contributed by atoms with Gasteiger partial charge in [0.15, 0.2) is 0 Å². The maximum absolute atomic E-state index is 12.7. The lowest BCUT2D eigenvalue weighted by atomic mass is 9.97. The maximum Gasteiger partial charge on any atom is 0.322 e. The molecule has 10 heteroatoms. The van der Waals surface area contributed by atoms with Crippen LogP contribution < -0.4 is 10.1 Å². The second-order valence-corrected chi connectivity index (χ2v) is 7.91. The molecule has 3 rings (SSSR count). The van der Waals surface area contributed by atoms with Crippen molar-refractivity contribution in [3.63, 3.8) is 0 Å². The molecule has 0 bridgehead atoms. The largest absolute Gasteiger partial charge is 0.497 e. The van der Waals surface area contributed by atoms with Crippen molar-refractivity contribution in [1.82, 2.24) is 14.5 Å². The van der Waals surface area contributed by atoms with E-state index in [1.807, 2.05) is 0 Å². The highest BCUT2D eigenvalue weighted by Gasteiger charge is 2.32. The van der Waals surface area contributed by atoms with Gasteiger partial charge in [0.2, 0.25) is 21.8 Å². The van der Waals surface area contributed by atoms with Crippen LogP contribution in [0.2, 0.25) is 0 Å². The number of piperidine rings is 1. The summed E-state index contributed by atoms with van der Waals surface area (Å²) in [5.74, 6) is 0.413. The third kappa shape index (κ3) is 3.86. The number of carbonyl (C=O) groups excluding carboxylic acids is 1. The highest BCUT2D eigenvalue weighted by molar-refractivity contribution is 7.89. The molecule has 1 saturated heterocycles. The minimum absolute atomic E-state index is 0.0563. The molecule has 1 fully saturated rings. The van der Waals surface area contributed by atoms with E-state index in [-0.39, 0.29) is 35.8 Å². The number of rotatable bonds is 5. The van der Waals surface area contributed by atoms with Gasteiger partial charge in [0.1, 0.15) is 5.75 Å². The Hall–Kier alpha value is -2.46. The van der Waals surface area contributed by atoms with Crippen LogP contribution in [0.3, 0.4) is 0 Å². The molecular formula is C16H20N4O5S. The average molecular weight is 380 g/mol. The number of sulfonamides is 1. The molecule has 140 valence electrons. The minimum Gasteiger partial charge on any atom is -0.497 e. The van der Waals surface area contributed by atoms with Gasteiger partial charge in [0.05, 0.1) is 12.0 Å². The summed E-state index contributed by atoms with van der Waals surface area (Å²) >= 11 is 0. The van der Waals surface area contributed by atoms with Crippen LogP contribution in [0.5, 0.6) is 5.75 Å². The Kier molecular flexibility index (Phi) is 5.23. The van der Waals surface area contributed by atoms with E-state index in [2.05, 4.69) is 15.5 Å². The number of amides is 1. The number of aryl methyl sites for hydroxylation is 1. The molecule has 0 atom stereocenters. The number of carbonyl (C=O) groups is 1. The third-order valence-corrected chi connectivity index (χ3v) is 6.19. The SMILES string of the molecule is COc1ccc(S(=O)(=O)N2CCC(C(=O)Nc3nnc(C)o3)CC2)cc1. The average Bonchev–Trinajstić information content (AvgIpc) is 3.06. The number of benzene rings is 1. The molecule has 0 aliphatic carbocycles. The van der Waals surface area contributed by atoms with Gasteiger partial charge in [-0.05, 0) is 37.1 Å². The lowest BCUT2D eigenvalue weighted by Gasteiger charge is -2.30. The fourth-order valence-corrected chi connectivity index (χ4v) is 4.28. The summed E-state index contributed by atoms with van der Waals surface area (Å²) in [6.45, 7) is 2.18. The topological polar surface area (TPSA) is 115 Å². The van der Waals surface area contributed by atoms with Crippen molar-refractivity contribution >= 4 is 21.9 Å². The summed E-state index contributed by atoms with van der Waals surface area (Å²) in [4.78, 5) is 12.5. The first-order valence-electron chi connectivity index (χ1n) is 8.15. The number of methoxy groups -OCH3 is 1. The normalized spacial score (nSPS) is 16.4. The first-order valence-corrected chi connectivity index (χ1v) is 9.59. The fourth-order valence-electron chi connectivity index (χ4n) is 2.81. The van der Waals surface area contributed by atoms with Crippen molar-refractivity contribution in [2.24, 2.45) is 5.92 Å². The quantitative estimate of drug-likeness (QED) is 0.834. The van der Waals surface area contributed by atoms with E-state index in [9.17, 15) is 13.2 Å². The predicted octanol–water partition coefficient (Wildman–Crippen LogP) is 1.43. The zero-order valence-electron chi connectivity index (χ0n) is 14.5. The van der Waals surface area contributed by atoms with Crippen LogP contribution in [-0.4, -0.2) is 49.0 Å². The van der Waals surface area contributed by atoms with E-state index in [0.29, 0.717) is 24.5 Å². The van der Waals surface area contributed by atoms with E-state index in [1.165, 1.54) is 23.5 Å². The van der Waals surface area contributed by atoms with Gasteiger partial charge < -0.3 is 9.15 Å². The van der Waals surface area contributed by atoms with Gasteiger partial charge in [-0.2, -0.15) is 4.31 Å². The molecule has 1 N–H and O–H groups in total. The number of aromatic nitrogens is 2. The van der Waals surface area contributed by atoms with Gasteiger partial charge in [-0.15, -0.1) is 5.10 Å². The fraction of sp³-hybridized carbons (Fsp3) is 0.438. The Labute approximate surface area is 151 Å². The molecular weight excluding hydrogens is 360 g/mol. The summed E-state index contributed by atoms with van der Waals surface area (Å²) in [5.41, 5.74) is 0. The maximum atomic E-state index is 12.7. The Morgan fingerprint density at radius 1 is 1.23 bits per heavy atom. The lowest BCUT2D eigenvalue weighted by molar-refractivity contribution is -0.121. The number of hydrogen-bond acceptors (Lipinski definition) is 7. The van der Waals surface area contributed by atoms with Crippen molar-refractivity contribution in [2.75, 3.05) is 25.5 Å². The third-order valence-electron chi connectivity index (χ3n) is 4.28. The highest BCUT2D eigenvalue weighted by atomic mass is 32.2. The van der Waals surface area contributed by atoms with Crippen molar-refractivity contribution in [3.8, 4) is 5.75 Å². The molecule has 9 nitrogen and oxygen atoms in total. The van der Waals surface area contributed by atoms with Crippen LogP contribution in [0.4, 0.5) is 6.01 Å². The molecule has 1 amide bonds. The van der Waals surface area contributed by atoms with E-state index >= 15 is 0 Å². The number of nitrogens with one attached hydrogen (secondary N) is 1. The van der Waals surface area contributed by atoms with Crippen LogP contribution in [0.1, 0.15) is 18.7 Å². The van der Waals surface area contributed by atoms with Crippen molar-refractivity contribution < 1.29 is 22.4 Å². The summed E-state index contributed by atoms with van der Waals surface area (Å²) < 4.78 is 37.0. The number of ether oxygens (including phenoxy) is 1. The summed E-state index contributed by atoms with van der Waals surface area (Å²) in [6, 6.07) is 6.31. The van der Waals surface area contributed by atoms with Gasteiger partial charge in [-0.25, -0.2) is 8.42 Å². The smallest absolute Gasteiger partial charge is 0.322 e. The van der Waals surface area contributed by atoms with Gasteiger partial charge in [-0.3, -0.25) is 10.1 Å². The number of anilines is 1. The molecule has 0 spiro atoms. The summed E-state index contributed by atoms with van der Waals surface area (Å²) in [5, 5.41) is 9.94. The van der Waals surface area contributed by atoms with Gasteiger partial charge >= 0.3 is 6.01 Å². The Balaban J connectivity index is 1.60. The summed E-state index contributed by atoms with van der Waals surface area (Å²) in [6.07, 6.45) is 0.850. The highest BCUT2D eigenvalue weighted by Crippen LogP contribution is 2.25. The first-order chi connectivity index (χ1) is 12.4. The first kappa shape index (κ1) is 18.3. The van der Waals surface area contributed by atoms with Crippen LogP contribution in [0.25, 0.3) is 0 Å². The molecule has 2 aromatic rings. The van der Waals surface area contributed by atoms with E-state index in [4.69, 9.17) is 9.15 Å². The van der Waals surface area contributed by atoms with Crippen LogP contribution >= 0.6 is 0 Å². The number of hydrogen-bond donors (Lipinski definition) is 1. The molecule has 26 heavy (non-hydrogen) atoms. The van der Waals surface area contributed by atoms with Crippen LogP contribution in [0, 0.1) is 12.8 Å². The summed E-state index contributed by atoms with van der Waals surface area (Å²) in [7, 11) is -2.06. The Morgan fingerprint density at radius 3 is 2.42 bits per heavy atom. The Bertz CT molecular complexity index is 870. The van der Waals surface area contributed by atoms with E-state index in [0.717, 1.165) is 0 Å². The van der Waals surface area contributed by atoms with Gasteiger partial charge in [-0.1, -0.05) is 5.10 Å². The van der Waals surface area contributed by atoms with Crippen molar-refractivity contribution in [3.05, 3.63) is 30.2 Å². The zero-order valence-corrected chi connectivity index (χ0v) is 15.3. The standard InChI is InChI=1S/C16H20N4O5S/c1-11-18-19-16(25-11)17-15(21)12-7-9-20(10-8-12)26(22,23)14-5-3-13(24-2)4-6-14/h3-6,12H,7-10H2,1-2H3,(H,17,19,21). The molecule has 1 aliphatic rings. The molecule has 0 unspecified atom stereocenters. The zero-order chi connectivity index (χ0) is 18.7. The minimum atomic E-state index is -3.59. The van der Waals surface area contributed by atoms with Gasteiger partial charge in [0.25, 0.3) is 0 Å². The predicted molar refractivity (Wildman–Crippen MR) is 92.1 cm³/mol. The number of nitrogens with zero attached hydrogens (tertiary/aromatic N) is 3. The van der Waals surface area contributed by atoms with Crippen molar-refractivity contribution in [1.29, 1.82) is 0 Å². The van der Waals surface area contributed by atoms with Crippen molar-refractivity contribution in [2.45, 2.75) is 24.7 Å². The van der Waals surface area contributed by atoms with Crippen LogP contribution in [0.15, 0.2) is 33.6 Å². The molecule has 0 radical (unpaired) electrons. The lowest BCUT2D eigenvalue weighted by Crippen LogP contribution is -2.41. The van der Waals surface area contributed by atoms with Gasteiger partial charge in [0, 0.05) is 25.9 Å². The van der Waals surface area contributed by atoms with E-state index < -0.39 is 10.0 Å². The second kappa shape index (κ2) is 7.42. The molecule has 1 aromatic carbocycles. The van der Waals surface area contributed by atoms with Crippen LogP contribution in [-0.2, 0) is 14.8 Å². The monoisotopic (exact) mass is 380 g/mol. The molecule has 1 aliphatic heterocycles.